The van der Waals surface area contributed by atoms with Crippen molar-refractivity contribution in [1.82, 2.24) is 9.55 Å². The van der Waals surface area contributed by atoms with Gasteiger partial charge in [-0.15, -0.1) is 0 Å². The number of anilines is 1. The van der Waals surface area contributed by atoms with Crippen LogP contribution in [-0.4, -0.2) is 22.1 Å². The minimum Gasteiger partial charge on any atom is -0.463 e. The average molecular weight is 359 g/mol. The Morgan fingerprint density at radius 2 is 1.93 bits per heavy atom. The average Bonchev–Trinajstić information content (AvgIpc) is 3.04. The molecule has 0 saturated heterocycles. The topological polar surface area (TPSA) is 56.1 Å². The van der Waals surface area contributed by atoms with Crippen LogP contribution in [0.2, 0.25) is 0 Å². The van der Waals surface area contributed by atoms with Crippen LogP contribution < -0.4 is 5.32 Å². The first-order valence-electron chi connectivity index (χ1n) is 9.04. The molecule has 1 atom stereocenters. The van der Waals surface area contributed by atoms with Gasteiger partial charge in [0.25, 0.3) is 0 Å². The summed E-state index contributed by atoms with van der Waals surface area (Å²) in [5, 5.41) is 3.26. The van der Waals surface area contributed by atoms with Crippen molar-refractivity contribution in [3.05, 3.63) is 77.5 Å². The molecular formula is C22H21N3O2. The number of imidazole rings is 1. The van der Waals surface area contributed by atoms with Gasteiger partial charge in [0.05, 0.1) is 29.3 Å². The smallest absolute Gasteiger partial charge is 0.338 e. The standard InChI is InChI=1S/C22H21N3O2/c1-3-27-21(26)20-15(2)23-22-24-17-11-7-8-12-18(17)25(22)19(20)14-13-16-9-5-4-6-10-16/h4-14,19H,3H2,1-2H3,(H,23,24)/b14-13+/t19-/m1/s1. The van der Waals surface area contributed by atoms with Crippen LogP contribution in [0, 0.1) is 0 Å². The van der Waals surface area contributed by atoms with E-state index in [4.69, 9.17) is 4.74 Å². The number of nitrogens with zero attached hydrogens (tertiary/aromatic N) is 2. The Balaban J connectivity index is 1.86. The number of ether oxygens (including phenoxy) is 1. The molecule has 0 aliphatic carbocycles. The van der Waals surface area contributed by atoms with Gasteiger partial charge in [0.15, 0.2) is 0 Å². The first-order chi connectivity index (χ1) is 13.2. The van der Waals surface area contributed by atoms with Gasteiger partial charge < -0.3 is 10.1 Å². The molecule has 2 heterocycles. The van der Waals surface area contributed by atoms with Crippen LogP contribution in [0.4, 0.5) is 5.95 Å². The van der Waals surface area contributed by atoms with Crippen molar-refractivity contribution >= 4 is 29.0 Å². The first-order valence-corrected chi connectivity index (χ1v) is 9.04. The van der Waals surface area contributed by atoms with E-state index in [0.717, 1.165) is 28.2 Å². The molecule has 136 valence electrons. The van der Waals surface area contributed by atoms with E-state index in [1.165, 1.54) is 0 Å². The maximum atomic E-state index is 12.7. The van der Waals surface area contributed by atoms with E-state index in [1.54, 1.807) is 0 Å². The second-order valence-electron chi connectivity index (χ2n) is 6.39. The fourth-order valence-electron chi connectivity index (χ4n) is 3.43. The number of nitrogens with one attached hydrogen (secondary N) is 1. The zero-order chi connectivity index (χ0) is 18.8. The Morgan fingerprint density at radius 3 is 2.70 bits per heavy atom. The van der Waals surface area contributed by atoms with Gasteiger partial charge in [0.1, 0.15) is 0 Å². The van der Waals surface area contributed by atoms with Crippen LogP contribution in [0.1, 0.15) is 25.5 Å². The Bertz CT molecular complexity index is 1050. The summed E-state index contributed by atoms with van der Waals surface area (Å²) in [5.41, 5.74) is 4.29. The third kappa shape index (κ3) is 3.12. The number of fused-ring (bicyclic) bond motifs is 3. The molecular weight excluding hydrogens is 338 g/mol. The Hall–Kier alpha value is -3.34. The molecule has 0 bridgehead atoms. The third-order valence-corrected chi connectivity index (χ3v) is 4.64. The highest BCUT2D eigenvalue weighted by molar-refractivity contribution is 5.93. The summed E-state index contributed by atoms with van der Waals surface area (Å²) in [4.78, 5) is 17.4. The molecule has 1 aliphatic rings. The van der Waals surface area contributed by atoms with Gasteiger partial charge in [-0.3, -0.25) is 4.57 Å². The quantitative estimate of drug-likeness (QED) is 0.694. The molecule has 3 aromatic rings. The van der Waals surface area contributed by atoms with E-state index in [9.17, 15) is 4.79 Å². The Kier molecular flexibility index (Phi) is 4.50. The van der Waals surface area contributed by atoms with Crippen LogP contribution in [0.15, 0.2) is 71.9 Å². The fourth-order valence-corrected chi connectivity index (χ4v) is 3.43. The van der Waals surface area contributed by atoms with Crippen LogP contribution in [0.5, 0.6) is 0 Å². The van der Waals surface area contributed by atoms with Crippen molar-refractivity contribution in [3.63, 3.8) is 0 Å². The normalized spacial score (nSPS) is 16.4. The zero-order valence-corrected chi connectivity index (χ0v) is 15.3. The third-order valence-electron chi connectivity index (χ3n) is 4.64. The molecule has 2 aromatic carbocycles. The Morgan fingerprint density at radius 1 is 1.19 bits per heavy atom. The van der Waals surface area contributed by atoms with Crippen LogP contribution >= 0.6 is 0 Å². The maximum Gasteiger partial charge on any atom is 0.338 e. The number of allylic oxidation sites excluding steroid dienone is 2. The van der Waals surface area contributed by atoms with E-state index >= 15 is 0 Å². The largest absolute Gasteiger partial charge is 0.463 e. The fraction of sp³-hybridized carbons (Fsp3) is 0.182. The summed E-state index contributed by atoms with van der Waals surface area (Å²) < 4.78 is 7.38. The number of rotatable bonds is 4. The minimum absolute atomic E-state index is 0.298. The number of carbonyl (C=O) groups excluding carboxylic acids is 1. The van der Waals surface area contributed by atoms with E-state index in [2.05, 4.69) is 10.3 Å². The first kappa shape index (κ1) is 17.1. The highest BCUT2D eigenvalue weighted by atomic mass is 16.5. The van der Waals surface area contributed by atoms with Gasteiger partial charge in [-0.05, 0) is 31.5 Å². The molecule has 0 fully saturated rings. The molecule has 1 aliphatic heterocycles. The van der Waals surface area contributed by atoms with Crippen molar-refractivity contribution in [2.45, 2.75) is 19.9 Å². The summed E-state index contributed by atoms with van der Waals surface area (Å²) >= 11 is 0. The predicted molar refractivity (Wildman–Crippen MR) is 107 cm³/mol. The van der Waals surface area contributed by atoms with Gasteiger partial charge in [-0.2, -0.15) is 0 Å². The molecule has 0 unspecified atom stereocenters. The molecule has 1 N–H and O–H groups in total. The van der Waals surface area contributed by atoms with E-state index < -0.39 is 0 Å². The van der Waals surface area contributed by atoms with Crippen molar-refractivity contribution in [2.75, 3.05) is 11.9 Å². The Labute approximate surface area is 158 Å². The molecule has 0 amide bonds. The summed E-state index contributed by atoms with van der Waals surface area (Å²) in [7, 11) is 0. The highest BCUT2D eigenvalue weighted by Crippen LogP contribution is 2.36. The lowest BCUT2D eigenvalue weighted by Crippen LogP contribution is -2.27. The number of hydrogen-bond acceptors (Lipinski definition) is 4. The lowest BCUT2D eigenvalue weighted by Gasteiger charge is -2.27. The summed E-state index contributed by atoms with van der Waals surface area (Å²) in [6, 6.07) is 17.7. The number of benzene rings is 2. The predicted octanol–water partition coefficient (Wildman–Crippen LogP) is 4.55. The van der Waals surface area contributed by atoms with Gasteiger partial charge in [0, 0.05) is 5.70 Å². The van der Waals surface area contributed by atoms with E-state index in [1.807, 2.05) is 85.2 Å². The number of esters is 1. The lowest BCUT2D eigenvalue weighted by atomic mass is 10.0. The minimum atomic E-state index is -0.311. The van der Waals surface area contributed by atoms with Crippen LogP contribution in [0.25, 0.3) is 17.1 Å². The summed E-state index contributed by atoms with van der Waals surface area (Å²) in [6.07, 6.45) is 4.06. The lowest BCUT2D eigenvalue weighted by molar-refractivity contribution is -0.139. The molecule has 27 heavy (non-hydrogen) atoms. The molecule has 0 saturated carbocycles. The van der Waals surface area contributed by atoms with Gasteiger partial charge in [0.2, 0.25) is 5.95 Å². The zero-order valence-electron chi connectivity index (χ0n) is 15.3. The van der Waals surface area contributed by atoms with Crippen LogP contribution in [0.3, 0.4) is 0 Å². The summed E-state index contributed by atoms with van der Waals surface area (Å²) in [5.74, 6) is 0.415. The highest BCUT2D eigenvalue weighted by Gasteiger charge is 2.32. The second kappa shape index (κ2) is 7.11. The van der Waals surface area contributed by atoms with Gasteiger partial charge in [-0.1, -0.05) is 54.6 Å². The monoisotopic (exact) mass is 359 g/mol. The van der Waals surface area contributed by atoms with Crippen LogP contribution in [-0.2, 0) is 9.53 Å². The maximum absolute atomic E-state index is 12.7. The molecule has 4 rings (SSSR count). The van der Waals surface area contributed by atoms with Crippen molar-refractivity contribution in [1.29, 1.82) is 0 Å². The molecule has 5 heteroatoms. The van der Waals surface area contributed by atoms with Crippen molar-refractivity contribution < 1.29 is 9.53 Å². The number of hydrogen-bond donors (Lipinski definition) is 1. The molecule has 0 spiro atoms. The molecule has 1 aromatic heterocycles. The number of aromatic nitrogens is 2. The second-order valence-corrected chi connectivity index (χ2v) is 6.39. The SMILES string of the molecule is CCOC(=O)C1=C(C)Nc2nc3ccccc3n2[C@@H]1/C=C/c1ccccc1. The van der Waals surface area contributed by atoms with Gasteiger partial charge >= 0.3 is 5.97 Å². The summed E-state index contributed by atoms with van der Waals surface area (Å²) in [6.45, 7) is 4.04. The number of carbonyl (C=O) groups is 1. The molecule has 5 nitrogen and oxygen atoms in total. The molecule has 0 radical (unpaired) electrons. The van der Waals surface area contributed by atoms with Crippen molar-refractivity contribution in [2.24, 2.45) is 0 Å². The van der Waals surface area contributed by atoms with E-state index in [0.29, 0.717) is 12.2 Å². The van der Waals surface area contributed by atoms with Crippen molar-refractivity contribution in [3.8, 4) is 0 Å². The van der Waals surface area contributed by atoms with E-state index in [-0.39, 0.29) is 12.0 Å². The van der Waals surface area contributed by atoms with Gasteiger partial charge in [-0.25, -0.2) is 9.78 Å². The number of para-hydroxylation sites is 2.